The maximum atomic E-state index is 12.7. The van der Waals surface area contributed by atoms with Crippen molar-refractivity contribution < 1.29 is 9.21 Å². The zero-order chi connectivity index (χ0) is 14.4. The Bertz CT molecular complexity index is 712. The number of furan rings is 1. The molecule has 0 radical (unpaired) electrons. The maximum absolute atomic E-state index is 12.7. The molecule has 1 aromatic heterocycles. The van der Waals surface area contributed by atoms with Crippen molar-refractivity contribution in [3.63, 3.8) is 0 Å². The van der Waals surface area contributed by atoms with E-state index in [1.165, 1.54) is 0 Å². The van der Waals surface area contributed by atoms with Crippen LogP contribution in [0.2, 0.25) is 0 Å². The molecule has 0 bridgehead atoms. The number of rotatable bonds is 1. The van der Waals surface area contributed by atoms with Gasteiger partial charge in [-0.05, 0) is 55.9 Å². The third-order valence-corrected chi connectivity index (χ3v) is 4.79. The van der Waals surface area contributed by atoms with Crippen LogP contribution in [0.3, 0.4) is 0 Å². The highest BCUT2D eigenvalue weighted by Gasteiger charge is 2.35. The number of carbonyl (C=O) groups is 1. The first-order chi connectivity index (χ1) is 10.2. The van der Waals surface area contributed by atoms with Crippen LogP contribution in [0.1, 0.15) is 29.0 Å². The van der Waals surface area contributed by atoms with Gasteiger partial charge in [-0.2, -0.15) is 0 Å². The summed E-state index contributed by atoms with van der Waals surface area (Å²) in [7, 11) is 0. The van der Waals surface area contributed by atoms with Gasteiger partial charge in [-0.15, -0.1) is 0 Å². The van der Waals surface area contributed by atoms with E-state index in [2.05, 4.69) is 12.2 Å². The molecule has 1 aliphatic heterocycles. The lowest BCUT2D eigenvalue weighted by Gasteiger charge is -2.17. The Kier molecular flexibility index (Phi) is 2.88. The van der Waals surface area contributed by atoms with E-state index < -0.39 is 0 Å². The molecule has 1 aliphatic carbocycles. The number of aryl methyl sites for hydroxylation is 1. The predicted octanol–water partition coefficient (Wildman–Crippen LogP) is 3.78. The number of benzene rings is 1. The largest absolute Gasteiger partial charge is 0.461 e. The Morgan fingerprint density at radius 1 is 1.14 bits per heavy atom. The molecular formula is C18H19NO2. The van der Waals surface area contributed by atoms with Crippen molar-refractivity contribution in [1.82, 2.24) is 4.90 Å². The number of hydrogen-bond acceptors (Lipinski definition) is 2. The Morgan fingerprint density at radius 2 is 1.86 bits per heavy atom. The minimum absolute atomic E-state index is 0.158. The summed E-state index contributed by atoms with van der Waals surface area (Å²) in [6.45, 7) is 3.73. The summed E-state index contributed by atoms with van der Waals surface area (Å²) in [5, 5.41) is 1.01. The molecule has 3 heteroatoms. The molecule has 0 saturated carbocycles. The fraction of sp³-hybridized carbons (Fsp3) is 0.389. The summed E-state index contributed by atoms with van der Waals surface area (Å²) >= 11 is 0. The minimum Gasteiger partial charge on any atom is -0.461 e. The van der Waals surface area contributed by atoms with Crippen molar-refractivity contribution in [3.05, 3.63) is 47.7 Å². The summed E-state index contributed by atoms with van der Waals surface area (Å²) in [4.78, 5) is 14.7. The van der Waals surface area contributed by atoms with Crippen LogP contribution in [-0.4, -0.2) is 23.9 Å². The standard InChI is InChI=1S/C18H19NO2/c1-12-8-16-9-13(6-7-17(16)21-12)18(20)19-10-14-4-2-3-5-15(14)11-19/h2-3,6-9,14-15H,4-5,10-11H2,1H3/t14-,15+. The number of hydrogen-bond donors (Lipinski definition) is 0. The first kappa shape index (κ1) is 12.7. The lowest BCUT2D eigenvalue weighted by molar-refractivity contribution is 0.0784. The van der Waals surface area contributed by atoms with E-state index in [0.29, 0.717) is 11.8 Å². The van der Waals surface area contributed by atoms with Gasteiger partial charge in [-0.1, -0.05) is 12.2 Å². The molecule has 1 aromatic carbocycles. The Morgan fingerprint density at radius 3 is 2.57 bits per heavy atom. The van der Waals surface area contributed by atoms with Crippen molar-refractivity contribution >= 4 is 16.9 Å². The van der Waals surface area contributed by atoms with Crippen LogP contribution in [0, 0.1) is 18.8 Å². The van der Waals surface area contributed by atoms with Gasteiger partial charge < -0.3 is 9.32 Å². The van der Waals surface area contributed by atoms with E-state index in [1.54, 1.807) is 0 Å². The highest BCUT2D eigenvalue weighted by molar-refractivity contribution is 5.98. The van der Waals surface area contributed by atoms with Crippen molar-refractivity contribution in [1.29, 1.82) is 0 Å². The van der Waals surface area contributed by atoms with Crippen molar-refractivity contribution in [2.75, 3.05) is 13.1 Å². The Balaban J connectivity index is 1.58. The normalized spacial score (nSPS) is 24.5. The SMILES string of the molecule is Cc1cc2cc(C(=O)N3C[C@H]4CC=CC[C@H]4C3)ccc2o1. The van der Waals surface area contributed by atoms with E-state index in [-0.39, 0.29) is 5.91 Å². The van der Waals surface area contributed by atoms with Gasteiger partial charge in [0.25, 0.3) is 5.91 Å². The van der Waals surface area contributed by atoms with E-state index in [1.807, 2.05) is 36.1 Å². The third-order valence-electron chi connectivity index (χ3n) is 4.79. The van der Waals surface area contributed by atoms with Gasteiger partial charge in [0.2, 0.25) is 0 Å². The van der Waals surface area contributed by atoms with E-state index >= 15 is 0 Å². The summed E-state index contributed by atoms with van der Waals surface area (Å²) in [5.41, 5.74) is 1.62. The molecule has 21 heavy (non-hydrogen) atoms. The number of nitrogens with zero attached hydrogens (tertiary/aromatic N) is 1. The van der Waals surface area contributed by atoms with Gasteiger partial charge in [0, 0.05) is 24.0 Å². The quantitative estimate of drug-likeness (QED) is 0.745. The Labute approximate surface area is 124 Å². The molecule has 1 fully saturated rings. The van der Waals surface area contributed by atoms with Gasteiger partial charge in [0.05, 0.1) is 0 Å². The van der Waals surface area contributed by atoms with Crippen LogP contribution in [0.5, 0.6) is 0 Å². The average molecular weight is 281 g/mol. The molecule has 4 rings (SSSR count). The fourth-order valence-electron chi connectivity index (χ4n) is 3.67. The molecule has 1 saturated heterocycles. The average Bonchev–Trinajstić information content (AvgIpc) is 3.07. The zero-order valence-electron chi connectivity index (χ0n) is 12.2. The lowest BCUT2D eigenvalue weighted by atomic mass is 9.86. The molecule has 2 atom stereocenters. The molecule has 108 valence electrons. The molecule has 0 unspecified atom stereocenters. The van der Waals surface area contributed by atoms with Crippen molar-refractivity contribution in [3.8, 4) is 0 Å². The van der Waals surface area contributed by atoms with Crippen molar-refractivity contribution in [2.45, 2.75) is 19.8 Å². The van der Waals surface area contributed by atoms with Gasteiger partial charge in [-0.25, -0.2) is 0 Å². The highest BCUT2D eigenvalue weighted by atomic mass is 16.3. The van der Waals surface area contributed by atoms with Crippen molar-refractivity contribution in [2.24, 2.45) is 11.8 Å². The molecule has 1 amide bonds. The molecular weight excluding hydrogens is 262 g/mol. The van der Waals surface area contributed by atoms with E-state index in [9.17, 15) is 4.79 Å². The summed E-state index contributed by atoms with van der Waals surface area (Å²) in [6.07, 6.45) is 6.76. The van der Waals surface area contributed by atoms with Gasteiger partial charge in [0.1, 0.15) is 11.3 Å². The molecule has 0 spiro atoms. The first-order valence-corrected chi connectivity index (χ1v) is 7.65. The second-order valence-electron chi connectivity index (χ2n) is 6.28. The molecule has 2 aromatic rings. The second-order valence-corrected chi connectivity index (χ2v) is 6.28. The number of carbonyl (C=O) groups excluding carboxylic acids is 1. The molecule has 2 aliphatic rings. The number of amides is 1. The summed E-state index contributed by atoms with van der Waals surface area (Å²) in [6, 6.07) is 7.72. The topological polar surface area (TPSA) is 33.5 Å². The predicted molar refractivity (Wildman–Crippen MR) is 82.2 cm³/mol. The fourth-order valence-corrected chi connectivity index (χ4v) is 3.67. The zero-order valence-corrected chi connectivity index (χ0v) is 12.2. The number of likely N-dealkylation sites (tertiary alicyclic amines) is 1. The van der Waals surface area contributed by atoms with Crippen LogP contribution < -0.4 is 0 Å². The maximum Gasteiger partial charge on any atom is 0.253 e. The molecule has 0 N–H and O–H groups in total. The minimum atomic E-state index is 0.158. The monoisotopic (exact) mass is 281 g/mol. The lowest BCUT2D eigenvalue weighted by Crippen LogP contribution is -2.28. The second kappa shape index (κ2) is 4.76. The summed E-state index contributed by atoms with van der Waals surface area (Å²) < 4.78 is 5.57. The van der Waals surface area contributed by atoms with Gasteiger partial charge >= 0.3 is 0 Å². The van der Waals surface area contributed by atoms with Crippen LogP contribution in [0.4, 0.5) is 0 Å². The molecule has 3 nitrogen and oxygen atoms in total. The van der Waals surface area contributed by atoms with Gasteiger partial charge in [0.15, 0.2) is 0 Å². The number of allylic oxidation sites excluding steroid dienone is 2. The van der Waals surface area contributed by atoms with E-state index in [4.69, 9.17) is 4.42 Å². The van der Waals surface area contributed by atoms with Gasteiger partial charge in [-0.3, -0.25) is 4.79 Å². The first-order valence-electron chi connectivity index (χ1n) is 7.65. The van der Waals surface area contributed by atoms with Crippen LogP contribution in [-0.2, 0) is 0 Å². The van der Waals surface area contributed by atoms with Crippen LogP contribution >= 0.6 is 0 Å². The van der Waals surface area contributed by atoms with Crippen LogP contribution in [0.15, 0.2) is 40.8 Å². The number of fused-ring (bicyclic) bond motifs is 2. The summed E-state index contributed by atoms with van der Waals surface area (Å²) in [5.74, 6) is 2.34. The molecule has 2 heterocycles. The third kappa shape index (κ3) is 2.17. The highest BCUT2D eigenvalue weighted by Crippen LogP contribution is 2.33. The van der Waals surface area contributed by atoms with Crippen LogP contribution in [0.25, 0.3) is 11.0 Å². The Hall–Kier alpha value is -2.03. The smallest absolute Gasteiger partial charge is 0.253 e. The van der Waals surface area contributed by atoms with E-state index in [0.717, 1.165) is 48.2 Å².